The summed E-state index contributed by atoms with van der Waals surface area (Å²) >= 11 is 0. The molecule has 0 bridgehead atoms. The van der Waals surface area contributed by atoms with Gasteiger partial charge in [0.1, 0.15) is 5.76 Å². The first-order chi connectivity index (χ1) is 7.24. The van der Waals surface area contributed by atoms with Crippen molar-refractivity contribution in [3.05, 3.63) is 23.7 Å². The summed E-state index contributed by atoms with van der Waals surface area (Å²) in [5, 5.41) is 8.91. The summed E-state index contributed by atoms with van der Waals surface area (Å²) in [5.41, 5.74) is 0.662. The summed E-state index contributed by atoms with van der Waals surface area (Å²) in [6.45, 7) is 0. The van der Waals surface area contributed by atoms with Gasteiger partial charge in [0.05, 0.1) is 29.9 Å². The van der Waals surface area contributed by atoms with Crippen LogP contribution in [-0.4, -0.2) is 23.9 Å². The minimum Gasteiger partial charge on any atom is -0.468 e. The van der Waals surface area contributed by atoms with Crippen LogP contribution in [0.25, 0.3) is 0 Å². The number of hydrogen-bond acceptors (Lipinski definition) is 3. The molecule has 0 saturated heterocycles. The predicted molar refractivity (Wildman–Crippen MR) is 51.1 cm³/mol. The highest BCUT2D eigenvalue weighted by atomic mass is 16.3. The number of likely N-dealkylation sites (N-methyl/N-ethyl adjacent to an activating group) is 1. The molecule has 2 aliphatic rings. The van der Waals surface area contributed by atoms with Crippen molar-refractivity contribution >= 4 is 5.91 Å². The molecular weight excluding hydrogens is 192 g/mol. The van der Waals surface area contributed by atoms with Crippen molar-refractivity contribution in [2.45, 2.75) is 18.4 Å². The van der Waals surface area contributed by atoms with E-state index in [1.54, 1.807) is 24.3 Å². The normalized spacial score (nSPS) is 32.7. The third kappa shape index (κ3) is 0.878. The fourth-order valence-electron chi connectivity index (χ4n) is 2.68. The summed E-state index contributed by atoms with van der Waals surface area (Å²) in [6, 6.07) is 3.97. The maximum absolute atomic E-state index is 11.9. The molecule has 1 aliphatic carbocycles. The SMILES string of the molecule is CN1C(=O)c2ccoc2[C@H]2C[C@@H](C#N)[C@H]21. The van der Waals surface area contributed by atoms with Crippen LogP contribution in [0.4, 0.5) is 0 Å². The maximum atomic E-state index is 11.9. The Morgan fingerprint density at radius 1 is 1.67 bits per heavy atom. The predicted octanol–water partition coefficient (Wildman–Crippen LogP) is 1.36. The van der Waals surface area contributed by atoms with Gasteiger partial charge >= 0.3 is 0 Å². The molecule has 1 fully saturated rings. The van der Waals surface area contributed by atoms with Crippen LogP contribution in [0.2, 0.25) is 0 Å². The number of hydrogen-bond donors (Lipinski definition) is 0. The van der Waals surface area contributed by atoms with Gasteiger partial charge in [-0.2, -0.15) is 5.26 Å². The van der Waals surface area contributed by atoms with Gasteiger partial charge in [-0.1, -0.05) is 0 Å². The quantitative estimate of drug-likeness (QED) is 0.638. The zero-order valence-corrected chi connectivity index (χ0v) is 8.30. The first kappa shape index (κ1) is 8.54. The molecule has 0 N–H and O–H groups in total. The van der Waals surface area contributed by atoms with Crippen molar-refractivity contribution in [3.8, 4) is 6.07 Å². The van der Waals surface area contributed by atoms with Crippen LogP contribution in [-0.2, 0) is 0 Å². The van der Waals surface area contributed by atoms with Crippen molar-refractivity contribution in [1.82, 2.24) is 4.90 Å². The first-order valence-electron chi connectivity index (χ1n) is 4.98. The number of furan rings is 1. The molecule has 4 nitrogen and oxygen atoms in total. The molecular formula is C11H10N2O2. The first-order valence-corrected chi connectivity index (χ1v) is 4.98. The maximum Gasteiger partial charge on any atom is 0.257 e. The van der Waals surface area contributed by atoms with E-state index in [0.717, 1.165) is 12.2 Å². The average Bonchev–Trinajstić information content (AvgIpc) is 2.63. The molecule has 1 aromatic heterocycles. The molecule has 76 valence electrons. The third-order valence-corrected chi connectivity index (χ3v) is 3.53. The van der Waals surface area contributed by atoms with Crippen molar-refractivity contribution in [3.63, 3.8) is 0 Å². The molecule has 0 aromatic carbocycles. The van der Waals surface area contributed by atoms with Gasteiger partial charge in [-0.25, -0.2) is 0 Å². The number of rotatable bonds is 0. The van der Waals surface area contributed by atoms with Crippen LogP contribution in [0.15, 0.2) is 16.7 Å². The molecule has 1 aromatic rings. The van der Waals surface area contributed by atoms with Gasteiger partial charge < -0.3 is 9.32 Å². The van der Waals surface area contributed by atoms with E-state index >= 15 is 0 Å². The van der Waals surface area contributed by atoms with E-state index in [1.807, 2.05) is 0 Å². The van der Waals surface area contributed by atoms with Crippen LogP contribution in [0, 0.1) is 17.2 Å². The molecule has 0 unspecified atom stereocenters. The van der Waals surface area contributed by atoms with Crippen molar-refractivity contribution in [2.75, 3.05) is 7.05 Å². The van der Waals surface area contributed by atoms with Crippen LogP contribution in [0.5, 0.6) is 0 Å². The Kier molecular flexibility index (Phi) is 1.50. The van der Waals surface area contributed by atoms with E-state index in [2.05, 4.69) is 6.07 Å². The van der Waals surface area contributed by atoms with Gasteiger partial charge in [0, 0.05) is 13.0 Å². The summed E-state index contributed by atoms with van der Waals surface area (Å²) in [4.78, 5) is 13.6. The Morgan fingerprint density at radius 3 is 3.20 bits per heavy atom. The standard InChI is InChI=1S/C11H10N2O2/c1-13-9-6(5-12)4-8(9)10-7(11(13)14)2-3-15-10/h2-3,6,8-9H,4H2,1H3/t6-,8-,9+/m0/s1. The second-order valence-corrected chi connectivity index (χ2v) is 4.18. The lowest BCUT2D eigenvalue weighted by molar-refractivity contribution is 0.0381. The molecule has 15 heavy (non-hydrogen) atoms. The Balaban J connectivity index is 2.07. The van der Waals surface area contributed by atoms with Crippen molar-refractivity contribution in [1.29, 1.82) is 5.26 Å². The Hall–Kier alpha value is -1.76. The molecule has 1 aliphatic heterocycles. The smallest absolute Gasteiger partial charge is 0.257 e. The van der Waals surface area contributed by atoms with E-state index in [0.29, 0.717) is 5.56 Å². The topological polar surface area (TPSA) is 57.2 Å². The number of amides is 1. The minimum absolute atomic E-state index is 0.0150. The van der Waals surface area contributed by atoms with Gasteiger partial charge in [0.25, 0.3) is 5.91 Å². The van der Waals surface area contributed by atoms with Gasteiger partial charge in [-0.15, -0.1) is 0 Å². The number of nitrogens with zero attached hydrogens (tertiary/aromatic N) is 2. The zero-order chi connectivity index (χ0) is 10.6. The monoisotopic (exact) mass is 202 g/mol. The summed E-state index contributed by atoms with van der Waals surface area (Å²) in [5.74, 6) is 0.930. The Bertz CT molecular complexity index is 471. The van der Waals surface area contributed by atoms with Gasteiger partial charge in [-0.3, -0.25) is 4.79 Å². The molecule has 1 amide bonds. The Labute approximate surface area is 87.1 Å². The molecule has 2 heterocycles. The van der Waals surface area contributed by atoms with Gasteiger partial charge in [0.2, 0.25) is 0 Å². The molecule has 1 saturated carbocycles. The number of fused-ring (bicyclic) bond motifs is 3. The van der Waals surface area contributed by atoms with Crippen LogP contribution >= 0.6 is 0 Å². The lowest BCUT2D eigenvalue weighted by atomic mass is 9.66. The molecule has 0 spiro atoms. The van der Waals surface area contributed by atoms with Gasteiger partial charge in [-0.05, 0) is 12.5 Å². The largest absolute Gasteiger partial charge is 0.468 e. The summed E-state index contributed by atoms with van der Waals surface area (Å²) in [7, 11) is 1.76. The van der Waals surface area contributed by atoms with Gasteiger partial charge in [0.15, 0.2) is 0 Å². The Morgan fingerprint density at radius 2 is 2.47 bits per heavy atom. The number of carbonyl (C=O) groups excluding carboxylic acids is 1. The fraction of sp³-hybridized carbons (Fsp3) is 0.455. The van der Waals surface area contributed by atoms with Crippen LogP contribution in [0.1, 0.15) is 28.5 Å². The highest BCUT2D eigenvalue weighted by Gasteiger charge is 2.52. The molecule has 0 radical (unpaired) electrons. The lowest BCUT2D eigenvalue weighted by Gasteiger charge is -2.48. The van der Waals surface area contributed by atoms with E-state index in [9.17, 15) is 4.79 Å². The minimum atomic E-state index is -0.0396. The second kappa shape index (κ2) is 2.63. The zero-order valence-electron chi connectivity index (χ0n) is 8.30. The van der Waals surface area contributed by atoms with E-state index in [-0.39, 0.29) is 23.8 Å². The molecule has 3 atom stereocenters. The van der Waals surface area contributed by atoms with E-state index in [1.165, 1.54) is 0 Å². The summed E-state index contributed by atoms with van der Waals surface area (Å²) in [6.07, 6.45) is 2.36. The number of carbonyl (C=O) groups is 1. The molecule has 4 heteroatoms. The second-order valence-electron chi connectivity index (χ2n) is 4.18. The average molecular weight is 202 g/mol. The highest BCUT2D eigenvalue weighted by molar-refractivity contribution is 5.97. The number of nitriles is 1. The van der Waals surface area contributed by atoms with Crippen molar-refractivity contribution < 1.29 is 9.21 Å². The summed E-state index contributed by atoms with van der Waals surface area (Å²) < 4.78 is 5.34. The van der Waals surface area contributed by atoms with Crippen LogP contribution in [0.3, 0.4) is 0 Å². The fourth-order valence-corrected chi connectivity index (χ4v) is 2.68. The van der Waals surface area contributed by atoms with E-state index in [4.69, 9.17) is 9.68 Å². The third-order valence-electron chi connectivity index (χ3n) is 3.53. The molecule has 3 rings (SSSR count). The van der Waals surface area contributed by atoms with Crippen molar-refractivity contribution in [2.24, 2.45) is 5.92 Å². The lowest BCUT2D eigenvalue weighted by Crippen LogP contribution is -2.55. The highest BCUT2D eigenvalue weighted by Crippen LogP contribution is 2.48. The van der Waals surface area contributed by atoms with E-state index < -0.39 is 0 Å². The van der Waals surface area contributed by atoms with Crippen LogP contribution < -0.4 is 0 Å².